The molecule has 0 aliphatic carbocycles. The first-order chi connectivity index (χ1) is 13.2. The van der Waals surface area contributed by atoms with E-state index in [0.29, 0.717) is 16.3 Å². The number of urea groups is 1. The summed E-state index contributed by atoms with van der Waals surface area (Å²) in [6.45, 7) is 5.29. The molecular formula is C21H23ClN2O4. The first kappa shape index (κ1) is 20.2. The highest BCUT2D eigenvalue weighted by molar-refractivity contribution is 6.30. The molecule has 0 saturated carbocycles. The molecular weight excluding hydrogens is 380 g/mol. The molecule has 3 amide bonds. The van der Waals surface area contributed by atoms with Crippen LogP contribution in [0.1, 0.15) is 23.6 Å². The van der Waals surface area contributed by atoms with Crippen molar-refractivity contribution in [2.24, 2.45) is 0 Å². The first-order valence-corrected chi connectivity index (χ1v) is 9.37. The number of nitrogens with one attached hydrogen (secondary N) is 1. The van der Waals surface area contributed by atoms with Crippen LogP contribution in [-0.2, 0) is 10.3 Å². The van der Waals surface area contributed by atoms with E-state index in [0.717, 1.165) is 16.0 Å². The second-order valence-corrected chi connectivity index (χ2v) is 7.60. The van der Waals surface area contributed by atoms with Crippen molar-refractivity contribution >= 4 is 23.5 Å². The van der Waals surface area contributed by atoms with Crippen molar-refractivity contribution in [3.05, 3.63) is 64.2 Å². The molecule has 2 N–H and O–H groups in total. The third-order valence-corrected chi connectivity index (χ3v) is 5.17. The van der Waals surface area contributed by atoms with E-state index in [1.165, 1.54) is 0 Å². The van der Waals surface area contributed by atoms with Crippen LogP contribution < -0.4 is 10.1 Å². The fourth-order valence-corrected chi connectivity index (χ4v) is 3.44. The van der Waals surface area contributed by atoms with E-state index in [2.05, 4.69) is 5.32 Å². The summed E-state index contributed by atoms with van der Waals surface area (Å²) >= 11 is 5.90. The van der Waals surface area contributed by atoms with Crippen molar-refractivity contribution in [3.63, 3.8) is 0 Å². The van der Waals surface area contributed by atoms with Gasteiger partial charge in [0, 0.05) is 5.02 Å². The lowest BCUT2D eigenvalue weighted by molar-refractivity contribution is -0.132. The third kappa shape index (κ3) is 3.84. The molecule has 0 radical (unpaired) electrons. The zero-order valence-electron chi connectivity index (χ0n) is 16.0. The van der Waals surface area contributed by atoms with Crippen LogP contribution >= 0.6 is 11.6 Å². The number of imide groups is 1. The predicted molar refractivity (Wildman–Crippen MR) is 106 cm³/mol. The highest BCUT2D eigenvalue weighted by Crippen LogP contribution is 2.30. The van der Waals surface area contributed by atoms with Crippen LogP contribution in [-0.4, -0.2) is 41.2 Å². The molecule has 1 heterocycles. The van der Waals surface area contributed by atoms with Gasteiger partial charge in [0.15, 0.2) is 0 Å². The maximum atomic E-state index is 12.9. The lowest BCUT2D eigenvalue weighted by atomic mass is 9.92. The van der Waals surface area contributed by atoms with Crippen molar-refractivity contribution in [1.82, 2.24) is 10.2 Å². The second kappa shape index (κ2) is 7.81. The number of carbonyl (C=O) groups excluding carboxylic acids is 2. The number of para-hydroxylation sites is 1. The number of hydrogen-bond donors (Lipinski definition) is 2. The van der Waals surface area contributed by atoms with Gasteiger partial charge in [0.25, 0.3) is 5.91 Å². The molecule has 6 nitrogen and oxygen atoms in total. The van der Waals surface area contributed by atoms with E-state index in [1.54, 1.807) is 31.2 Å². The Balaban J connectivity index is 1.68. The number of β-amino-alcohol motifs (C(OH)–C–C–N with tert-alkyl or cyclic N) is 1. The van der Waals surface area contributed by atoms with Crippen LogP contribution in [0.5, 0.6) is 5.75 Å². The van der Waals surface area contributed by atoms with Gasteiger partial charge in [-0.1, -0.05) is 41.9 Å². The molecule has 28 heavy (non-hydrogen) atoms. The number of rotatable bonds is 6. The minimum Gasteiger partial charge on any atom is -0.490 e. The summed E-state index contributed by atoms with van der Waals surface area (Å²) in [4.78, 5) is 26.3. The molecule has 0 aromatic heterocycles. The molecule has 1 aliphatic rings. The summed E-state index contributed by atoms with van der Waals surface area (Å²) in [5.74, 6) is 0.274. The van der Waals surface area contributed by atoms with Gasteiger partial charge in [-0.3, -0.25) is 9.69 Å². The Morgan fingerprint density at radius 3 is 2.36 bits per heavy atom. The lowest BCUT2D eigenvalue weighted by Crippen LogP contribution is -2.42. The molecule has 148 valence electrons. The quantitative estimate of drug-likeness (QED) is 0.727. The highest BCUT2D eigenvalue weighted by Gasteiger charge is 2.49. The van der Waals surface area contributed by atoms with Gasteiger partial charge in [-0.05, 0) is 49.6 Å². The van der Waals surface area contributed by atoms with Crippen molar-refractivity contribution in [2.45, 2.75) is 32.4 Å². The lowest BCUT2D eigenvalue weighted by Gasteiger charge is -2.23. The topological polar surface area (TPSA) is 78.9 Å². The number of halogens is 1. The summed E-state index contributed by atoms with van der Waals surface area (Å²) in [5.41, 5.74) is 1.34. The maximum absolute atomic E-state index is 12.9. The normalized spacial score (nSPS) is 20.2. The van der Waals surface area contributed by atoms with Crippen LogP contribution in [0, 0.1) is 13.8 Å². The maximum Gasteiger partial charge on any atom is 0.325 e. The molecule has 2 aromatic carbocycles. The van der Waals surface area contributed by atoms with Crippen molar-refractivity contribution in [2.75, 3.05) is 13.2 Å². The van der Waals surface area contributed by atoms with Crippen LogP contribution in [0.4, 0.5) is 4.79 Å². The van der Waals surface area contributed by atoms with Gasteiger partial charge in [0.1, 0.15) is 24.0 Å². The van der Waals surface area contributed by atoms with Gasteiger partial charge in [0.05, 0.1) is 6.54 Å². The number of amides is 3. The number of aliphatic hydroxyl groups is 1. The third-order valence-electron chi connectivity index (χ3n) is 4.92. The van der Waals surface area contributed by atoms with E-state index in [4.69, 9.17) is 16.3 Å². The average Bonchev–Trinajstić information content (AvgIpc) is 2.86. The van der Waals surface area contributed by atoms with Crippen LogP contribution in [0.15, 0.2) is 42.5 Å². The van der Waals surface area contributed by atoms with E-state index >= 15 is 0 Å². The average molecular weight is 403 g/mol. The van der Waals surface area contributed by atoms with Gasteiger partial charge in [0.2, 0.25) is 0 Å². The van der Waals surface area contributed by atoms with Crippen molar-refractivity contribution < 1.29 is 19.4 Å². The summed E-state index contributed by atoms with van der Waals surface area (Å²) in [5, 5.41) is 13.6. The summed E-state index contributed by atoms with van der Waals surface area (Å²) in [6.07, 6.45) is -1.01. The summed E-state index contributed by atoms with van der Waals surface area (Å²) in [6, 6.07) is 11.9. The van der Waals surface area contributed by atoms with Gasteiger partial charge < -0.3 is 15.2 Å². The zero-order valence-corrected chi connectivity index (χ0v) is 16.8. The monoisotopic (exact) mass is 402 g/mol. The Bertz CT molecular complexity index is 880. The van der Waals surface area contributed by atoms with Crippen molar-refractivity contribution in [1.29, 1.82) is 0 Å². The minimum absolute atomic E-state index is 0.0274. The van der Waals surface area contributed by atoms with Gasteiger partial charge in [-0.2, -0.15) is 0 Å². The van der Waals surface area contributed by atoms with Gasteiger partial charge in [-0.25, -0.2) is 4.79 Å². The molecule has 1 fully saturated rings. The molecule has 1 saturated heterocycles. The van der Waals surface area contributed by atoms with E-state index in [1.807, 2.05) is 32.0 Å². The molecule has 7 heteroatoms. The standard InChI is InChI=1S/C21H23ClN2O4/c1-13-5-4-6-14(2)18(13)28-12-17(25)11-24-19(26)21(3,23-20(24)27)15-7-9-16(22)10-8-15/h4-10,17,25H,11-12H2,1-3H3,(H,23,27)/t17-,21-/m1/s1. The van der Waals surface area contributed by atoms with Gasteiger partial charge >= 0.3 is 6.03 Å². The predicted octanol–water partition coefficient (Wildman–Crippen LogP) is 3.16. The second-order valence-electron chi connectivity index (χ2n) is 7.16. The highest BCUT2D eigenvalue weighted by atomic mass is 35.5. The molecule has 1 aliphatic heterocycles. The Morgan fingerprint density at radius 2 is 1.75 bits per heavy atom. The van der Waals surface area contributed by atoms with Crippen molar-refractivity contribution in [3.8, 4) is 5.75 Å². The first-order valence-electron chi connectivity index (χ1n) is 8.99. The Morgan fingerprint density at radius 1 is 1.14 bits per heavy atom. The Labute approximate surface area is 169 Å². The van der Waals surface area contributed by atoms with Gasteiger partial charge in [-0.15, -0.1) is 0 Å². The summed E-state index contributed by atoms with van der Waals surface area (Å²) < 4.78 is 5.73. The molecule has 3 rings (SSSR count). The molecule has 0 unspecified atom stereocenters. The zero-order chi connectivity index (χ0) is 20.5. The fraction of sp³-hybridized carbons (Fsp3) is 0.333. The number of hydrogen-bond acceptors (Lipinski definition) is 4. The van der Waals surface area contributed by atoms with E-state index in [-0.39, 0.29) is 13.2 Å². The molecule has 0 spiro atoms. The number of carbonyl (C=O) groups is 2. The molecule has 0 bridgehead atoms. The molecule has 2 aromatic rings. The smallest absolute Gasteiger partial charge is 0.325 e. The number of ether oxygens (including phenoxy) is 1. The Kier molecular flexibility index (Phi) is 5.63. The number of aliphatic hydroxyl groups excluding tert-OH is 1. The number of benzene rings is 2. The minimum atomic E-state index is -1.20. The van der Waals surface area contributed by atoms with Crippen LogP contribution in [0.3, 0.4) is 0 Å². The van der Waals surface area contributed by atoms with Crippen LogP contribution in [0.2, 0.25) is 5.02 Å². The van der Waals surface area contributed by atoms with Crippen LogP contribution in [0.25, 0.3) is 0 Å². The van der Waals surface area contributed by atoms with E-state index < -0.39 is 23.6 Å². The SMILES string of the molecule is Cc1cccc(C)c1OC[C@H](O)CN1C(=O)N[C@](C)(c2ccc(Cl)cc2)C1=O. The number of aryl methyl sites for hydroxylation is 2. The largest absolute Gasteiger partial charge is 0.490 e. The molecule has 2 atom stereocenters. The fourth-order valence-electron chi connectivity index (χ4n) is 3.31. The summed E-state index contributed by atoms with van der Waals surface area (Å²) in [7, 11) is 0. The Hall–Kier alpha value is -2.57. The van der Waals surface area contributed by atoms with E-state index in [9.17, 15) is 14.7 Å². The number of nitrogens with zero attached hydrogens (tertiary/aromatic N) is 1.